The van der Waals surface area contributed by atoms with E-state index in [9.17, 15) is 9.59 Å². The number of amides is 1. The van der Waals surface area contributed by atoms with Crippen molar-refractivity contribution >= 4 is 11.9 Å². The smallest absolute Gasteiger partial charge is 0.376 e. The van der Waals surface area contributed by atoms with Crippen molar-refractivity contribution in [1.82, 2.24) is 4.90 Å². The third-order valence-corrected chi connectivity index (χ3v) is 12.3. The first-order valence-corrected chi connectivity index (χ1v) is 25.6. The number of hydrogen-bond donors (Lipinski definition) is 0. The third-order valence-electron chi connectivity index (χ3n) is 12.3. The van der Waals surface area contributed by atoms with Crippen LogP contribution in [0, 0.1) is 5.92 Å². The molecular formula is C51H101F2N2O3+. The van der Waals surface area contributed by atoms with Crippen molar-refractivity contribution in [2.24, 2.45) is 5.92 Å². The van der Waals surface area contributed by atoms with Crippen molar-refractivity contribution in [2.75, 3.05) is 40.8 Å². The molecule has 2 atom stereocenters. The summed E-state index contributed by atoms with van der Waals surface area (Å²) in [5.74, 6) is -4.28. The third kappa shape index (κ3) is 34.5. The van der Waals surface area contributed by atoms with Gasteiger partial charge in [-0.2, -0.15) is 8.78 Å². The Labute approximate surface area is 360 Å². The Kier molecular flexibility index (Phi) is 37.8. The summed E-state index contributed by atoms with van der Waals surface area (Å²) in [6.07, 6.45) is 38.3. The average molecular weight is 828 g/mol. The molecule has 0 bridgehead atoms. The molecule has 0 saturated heterocycles. The number of quaternary nitrogens is 1. The highest BCUT2D eigenvalue weighted by Crippen LogP contribution is 2.27. The number of alkyl halides is 2. The van der Waals surface area contributed by atoms with Crippen LogP contribution in [0.15, 0.2) is 0 Å². The summed E-state index contributed by atoms with van der Waals surface area (Å²) < 4.78 is 36.3. The summed E-state index contributed by atoms with van der Waals surface area (Å²) in [4.78, 5) is 28.8. The average Bonchev–Trinajstić information content (AvgIpc) is 3.18. The largest absolute Gasteiger partial charge is 0.461 e. The van der Waals surface area contributed by atoms with Crippen LogP contribution in [0.1, 0.15) is 259 Å². The van der Waals surface area contributed by atoms with Crippen molar-refractivity contribution in [2.45, 2.75) is 271 Å². The first-order chi connectivity index (χ1) is 27.9. The molecule has 0 radical (unpaired) electrons. The standard InChI is InChI=1S/C51H101F2N2O3/c1-8-12-16-20-23-25-30-36-44-54(49(56)42-37-45-55(5,6)7)48(40-33-27-24-21-17-13-9-2)41-34-28-29-35-43-51(52,53)50(57)58-46-47(38-31-19-15-11-4)39-32-26-22-18-14-10-3/h47-48H,8-46H2,1-7H3/q+1. The molecule has 7 heteroatoms. The van der Waals surface area contributed by atoms with Crippen molar-refractivity contribution in [3.8, 4) is 0 Å². The van der Waals surface area contributed by atoms with Crippen LogP contribution < -0.4 is 0 Å². The molecular weight excluding hydrogens is 727 g/mol. The van der Waals surface area contributed by atoms with E-state index in [0.717, 1.165) is 101 Å². The van der Waals surface area contributed by atoms with E-state index >= 15 is 8.78 Å². The van der Waals surface area contributed by atoms with Gasteiger partial charge in [0.1, 0.15) is 0 Å². The summed E-state index contributed by atoms with van der Waals surface area (Å²) in [5, 5.41) is 0. The van der Waals surface area contributed by atoms with Crippen molar-refractivity contribution in [3.63, 3.8) is 0 Å². The van der Waals surface area contributed by atoms with E-state index in [4.69, 9.17) is 4.74 Å². The second-order valence-corrected chi connectivity index (χ2v) is 19.3. The Morgan fingerprint density at radius 2 is 0.897 bits per heavy atom. The second-order valence-electron chi connectivity index (χ2n) is 19.3. The van der Waals surface area contributed by atoms with Crippen LogP contribution in [0.2, 0.25) is 0 Å². The Morgan fingerprint density at radius 1 is 0.517 bits per heavy atom. The molecule has 0 aliphatic carbocycles. The Morgan fingerprint density at radius 3 is 1.34 bits per heavy atom. The number of carbonyl (C=O) groups is 2. The molecule has 0 N–H and O–H groups in total. The molecule has 0 saturated carbocycles. The molecule has 346 valence electrons. The van der Waals surface area contributed by atoms with Crippen molar-refractivity contribution in [1.29, 1.82) is 0 Å². The molecule has 0 aromatic heterocycles. The van der Waals surface area contributed by atoms with Gasteiger partial charge in [-0.25, -0.2) is 4.79 Å². The lowest BCUT2D eigenvalue weighted by Crippen LogP contribution is -2.42. The van der Waals surface area contributed by atoms with E-state index in [1.165, 1.54) is 122 Å². The lowest BCUT2D eigenvalue weighted by Gasteiger charge is -2.33. The number of carbonyl (C=O) groups excluding carboxylic acids is 2. The number of unbranched alkanes of at least 4 members (excludes halogenated alkanes) is 24. The van der Waals surface area contributed by atoms with Crippen LogP contribution in [0.25, 0.3) is 0 Å². The maximum absolute atomic E-state index is 15.1. The molecule has 0 fully saturated rings. The fourth-order valence-corrected chi connectivity index (χ4v) is 8.43. The number of halogens is 2. The quantitative estimate of drug-likeness (QED) is 0.0349. The fraction of sp³-hybridized carbons (Fsp3) is 0.961. The van der Waals surface area contributed by atoms with E-state index in [0.29, 0.717) is 25.2 Å². The lowest BCUT2D eigenvalue weighted by molar-refractivity contribution is -0.870. The van der Waals surface area contributed by atoms with Gasteiger partial charge in [0.25, 0.3) is 0 Å². The van der Waals surface area contributed by atoms with Crippen LogP contribution >= 0.6 is 0 Å². The van der Waals surface area contributed by atoms with Crippen molar-refractivity contribution < 1.29 is 27.6 Å². The van der Waals surface area contributed by atoms with Gasteiger partial charge in [0.2, 0.25) is 5.91 Å². The molecule has 0 rings (SSSR count). The number of nitrogens with zero attached hydrogens (tertiary/aromatic N) is 2. The topological polar surface area (TPSA) is 46.6 Å². The molecule has 0 spiro atoms. The summed E-state index contributed by atoms with van der Waals surface area (Å²) in [6.45, 7) is 10.9. The minimum atomic E-state index is -3.43. The van der Waals surface area contributed by atoms with Crippen molar-refractivity contribution in [3.05, 3.63) is 0 Å². The maximum atomic E-state index is 15.1. The second kappa shape index (κ2) is 38.7. The Hall–Kier alpha value is -1.24. The van der Waals surface area contributed by atoms with E-state index in [2.05, 4.69) is 53.7 Å². The fourth-order valence-electron chi connectivity index (χ4n) is 8.43. The van der Waals surface area contributed by atoms with Gasteiger partial charge in [-0.15, -0.1) is 0 Å². The molecule has 0 aromatic carbocycles. The lowest BCUT2D eigenvalue weighted by atomic mass is 9.95. The van der Waals surface area contributed by atoms with Gasteiger partial charge in [-0.1, -0.05) is 201 Å². The molecule has 0 aliphatic heterocycles. The normalized spacial score (nSPS) is 13.2. The molecule has 2 unspecified atom stereocenters. The summed E-state index contributed by atoms with van der Waals surface area (Å²) in [5.41, 5.74) is 0. The number of esters is 1. The van der Waals surface area contributed by atoms with Crippen LogP contribution in [0.4, 0.5) is 8.78 Å². The van der Waals surface area contributed by atoms with Gasteiger partial charge >= 0.3 is 11.9 Å². The number of rotatable bonds is 44. The predicted molar refractivity (Wildman–Crippen MR) is 247 cm³/mol. The van der Waals surface area contributed by atoms with Gasteiger partial charge in [-0.05, 0) is 44.4 Å². The van der Waals surface area contributed by atoms with Crippen LogP contribution in [0.3, 0.4) is 0 Å². The zero-order valence-corrected chi connectivity index (χ0v) is 40.1. The minimum Gasteiger partial charge on any atom is -0.461 e. The highest BCUT2D eigenvalue weighted by atomic mass is 19.3. The van der Waals surface area contributed by atoms with Crippen LogP contribution in [-0.4, -0.2) is 74.1 Å². The monoisotopic (exact) mass is 828 g/mol. The maximum Gasteiger partial charge on any atom is 0.376 e. The van der Waals surface area contributed by atoms with Crippen LogP contribution in [-0.2, 0) is 14.3 Å². The molecule has 58 heavy (non-hydrogen) atoms. The first-order valence-electron chi connectivity index (χ1n) is 25.6. The summed E-state index contributed by atoms with van der Waals surface area (Å²) in [7, 11) is 6.57. The predicted octanol–water partition coefficient (Wildman–Crippen LogP) is 15.8. The SMILES string of the molecule is CCCCCCCCCCN(C(=O)CCC[N+](C)(C)C)C(CCCCCCCCC)CCCCCCC(F)(F)C(=O)OCC(CCCCCC)CCCCCCCC. The summed E-state index contributed by atoms with van der Waals surface area (Å²) in [6, 6.07) is 0.222. The highest BCUT2D eigenvalue weighted by Gasteiger charge is 2.40. The minimum absolute atomic E-state index is 0.124. The number of ether oxygens (including phenoxy) is 1. The molecule has 5 nitrogen and oxygen atoms in total. The molecule has 0 aliphatic rings. The highest BCUT2D eigenvalue weighted by molar-refractivity contribution is 5.77. The number of hydrogen-bond acceptors (Lipinski definition) is 3. The van der Waals surface area contributed by atoms with E-state index in [1.54, 1.807) is 0 Å². The molecule has 0 heterocycles. The van der Waals surface area contributed by atoms with Gasteiger partial charge in [0.15, 0.2) is 0 Å². The van der Waals surface area contributed by atoms with Gasteiger partial charge in [0.05, 0.1) is 34.3 Å². The van der Waals surface area contributed by atoms with E-state index in [-0.39, 0.29) is 18.6 Å². The Bertz CT molecular complexity index is 924. The zero-order chi connectivity index (χ0) is 43.2. The van der Waals surface area contributed by atoms with E-state index < -0.39 is 18.3 Å². The molecule has 1 amide bonds. The van der Waals surface area contributed by atoms with Gasteiger partial charge in [-0.3, -0.25) is 4.79 Å². The Balaban J connectivity index is 5.23. The molecule has 0 aromatic rings. The first kappa shape index (κ1) is 56.8. The summed E-state index contributed by atoms with van der Waals surface area (Å²) >= 11 is 0. The van der Waals surface area contributed by atoms with Gasteiger partial charge in [0, 0.05) is 31.8 Å². The van der Waals surface area contributed by atoms with Gasteiger partial charge < -0.3 is 14.1 Å². The van der Waals surface area contributed by atoms with E-state index in [1.807, 2.05) is 0 Å². The zero-order valence-electron chi connectivity index (χ0n) is 40.1. The van der Waals surface area contributed by atoms with Crippen LogP contribution in [0.5, 0.6) is 0 Å².